The van der Waals surface area contributed by atoms with Crippen molar-refractivity contribution in [3.8, 4) is 0 Å². The van der Waals surface area contributed by atoms with Crippen molar-refractivity contribution in [1.29, 1.82) is 0 Å². The van der Waals surface area contributed by atoms with Gasteiger partial charge in [0.2, 0.25) is 5.89 Å². The Morgan fingerprint density at radius 3 is 2.75 bits per heavy atom. The van der Waals surface area contributed by atoms with E-state index in [1.54, 1.807) is 0 Å². The van der Waals surface area contributed by atoms with Gasteiger partial charge in [0.25, 0.3) is 0 Å². The summed E-state index contributed by atoms with van der Waals surface area (Å²) in [5.74, 6) is 2.89. The molecule has 1 aromatic rings. The summed E-state index contributed by atoms with van der Waals surface area (Å²) in [6.45, 7) is 3.30. The minimum Gasteiger partial charge on any atom is -0.338 e. The Kier molecular flexibility index (Phi) is 2.67. The second kappa shape index (κ2) is 4.17. The lowest BCUT2D eigenvalue weighted by Gasteiger charge is -2.09. The van der Waals surface area contributed by atoms with Crippen molar-refractivity contribution in [3.05, 3.63) is 11.7 Å². The van der Waals surface area contributed by atoms with Crippen LogP contribution in [0.4, 0.5) is 0 Å². The fourth-order valence-electron chi connectivity index (χ4n) is 2.89. The molecule has 0 radical (unpaired) electrons. The summed E-state index contributed by atoms with van der Waals surface area (Å²) < 4.78 is 5.41. The van der Waals surface area contributed by atoms with E-state index in [1.807, 2.05) is 0 Å². The van der Waals surface area contributed by atoms with Crippen LogP contribution in [-0.2, 0) is 0 Å². The zero-order valence-electron chi connectivity index (χ0n) is 9.78. The van der Waals surface area contributed by atoms with E-state index in [9.17, 15) is 0 Å². The van der Waals surface area contributed by atoms with E-state index in [2.05, 4.69) is 22.4 Å². The van der Waals surface area contributed by atoms with Gasteiger partial charge in [0.05, 0.1) is 6.04 Å². The molecule has 1 saturated carbocycles. The van der Waals surface area contributed by atoms with Crippen LogP contribution in [0.25, 0.3) is 0 Å². The smallest absolute Gasteiger partial charge is 0.244 e. The van der Waals surface area contributed by atoms with Crippen LogP contribution in [0.5, 0.6) is 0 Å². The van der Waals surface area contributed by atoms with Gasteiger partial charge in [-0.1, -0.05) is 24.9 Å². The lowest BCUT2D eigenvalue weighted by molar-refractivity contribution is 0.315. The fraction of sp³-hybridized carbons (Fsp3) is 0.833. The molecule has 1 aliphatic heterocycles. The molecule has 0 bridgehead atoms. The lowest BCUT2D eigenvalue weighted by Crippen LogP contribution is -2.16. The largest absolute Gasteiger partial charge is 0.338 e. The van der Waals surface area contributed by atoms with Crippen molar-refractivity contribution in [2.75, 3.05) is 6.54 Å². The van der Waals surface area contributed by atoms with Crippen LogP contribution in [0.1, 0.15) is 62.7 Å². The van der Waals surface area contributed by atoms with E-state index in [4.69, 9.17) is 4.52 Å². The second-order valence-corrected chi connectivity index (χ2v) is 5.17. The average Bonchev–Trinajstić information content (AvgIpc) is 2.96. The molecule has 2 unspecified atom stereocenters. The topological polar surface area (TPSA) is 51.0 Å². The Morgan fingerprint density at radius 1 is 1.25 bits per heavy atom. The Balaban J connectivity index is 1.76. The molecule has 1 aliphatic carbocycles. The normalized spacial score (nSPS) is 31.3. The van der Waals surface area contributed by atoms with Crippen LogP contribution in [0.15, 0.2) is 4.52 Å². The molecule has 4 nitrogen and oxygen atoms in total. The fourth-order valence-corrected chi connectivity index (χ4v) is 2.89. The van der Waals surface area contributed by atoms with Gasteiger partial charge in [-0.25, -0.2) is 0 Å². The molecule has 0 spiro atoms. The molecule has 88 valence electrons. The molecule has 4 heteroatoms. The highest BCUT2D eigenvalue weighted by molar-refractivity contribution is 5.02. The Labute approximate surface area is 95.8 Å². The minimum absolute atomic E-state index is 0.280. The maximum Gasteiger partial charge on any atom is 0.244 e. The number of hydrogen-bond donors (Lipinski definition) is 1. The standard InChI is InChI=1S/C12H19N3O/c1-8-6-7-13-10(8)12-14-11(15-16-12)9-4-2-3-5-9/h8-10,13H,2-7H2,1H3. The van der Waals surface area contributed by atoms with E-state index in [0.717, 1.165) is 18.3 Å². The van der Waals surface area contributed by atoms with Gasteiger partial charge in [0.15, 0.2) is 5.82 Å². The molecule has 2 atom stereocenters. The lowest BCUT2D eigenvalue weighted by atomic mass is 10.0. The van der Waals surface area contributed by atoms with Crippen LogP contribution in [0.2, 0.25) is 0 Å². The minimum atomic E-state index is 0.280. The van der Waals surface area contributed by atoms with Gasteiger partial charge >= 0.3 is 0 Å². The average molecular weight is 221 g/mol. The zero-order chi connectivity index (χ0) is 11.0. The predicted molar refractivity (Wildman–Crippen MR) is 60.0 cm³/mol. The zero-order valence-corrected chi connectivity index (χ0v) is 9.78. The van der Waals surface area contributed by atoms with Gasteiger partial charge in [0, 0.05) is 5.92 Å². The highest BCUT2D eigenvalue weighted by Crippen LogP contribution is 2.34. The van der Waals surface area contributed by atoms with Gasteiger partial charge in [0.1, 0.15) is 0 Å². The number of rotatable bonds is 2. The first-order valence-corrected chi connectivity index (χ1v) is 6.41. The Morgan fingerprint density at radius 2 is 2.06 bits per heavy atom. The first-order chi connectivity index (χ1) is 7.84. The first kappa shape index (κ1) is 10.3. The van der Waals surface area contributed by atoms with E-state index >= 15 is 0 Å². The molecule has 3 rings (SSSR count). The van der Waals surface area contributed by atoms with Crippen LogP contribution >= 0.6 is 0 Å². The van der Waals surface area contributed by atoms with Gasteiger partial charge in [-0.15, -0.1) is 0 Å². The van der Waals surface area contributed by atoms with Gasteiger partial charge < -0.3 is 9.84 Å². The molecule has 1 N–H and O–H groups in total. The molecular weight excluding hydrogens is 202 g/mol. The molecule has 0 aromatic carbocycles. The van der Waals surface area contributed by atoms with Gasteiger partial charge in [-0.2, -0.15) is 4.98 Å². The van der Waals surface area contributed by atoms with E-state index in [0.29, 0.717) is 11.8 Å². The third kappa shape index (κ3) is 1.75. The summed E-state index contributed by atoms with van der Waals surface area (Å²) in [6, 6.07) is 0.280. The third-order valence-corrected chi connectivity index (χ3v) is 3.98. The quantitative estimate of drug-likeness (QED) is 0.833. The summed E-state index contributed by atoms with van der Waals surface area (Å²) >= 11 is 0. The molecule has 0 amide bonds. The predicted octanol–water partition coefficient (Wildman–Crippen LogP) is 2.40. The summed E-state index contributed by atoms with van der Waals surface area (Å²) in [4.78, 5) is 4.58. The maximum atomic E-state index is 5.41. The maximum absolute atomic E-state index is 5.41. The molecule has 2 fully saturated rings. The molecular formula is C12H19N3O. The molecule has 2 aliphatic rings. The van der Waals surface area contributed by atoms with Crippen LogP contribution in [-0.4, -0.2) is 16.7 Å². The summed E-state index contributed by atoms with van der Waals surface area (Å²) in [6.07, 6.45) is 6.28. The molecule has 16 heavy (non-hydrogen) atoms. The van der Waals surface area contributed by atoms with E-state index in [-0.39, 0.29) is 6.04 Å². The Hall–Kier alpha value is -0.900. The number of hydrogen-bond acceptors (Lipinski definition) is 4. The first-order valence-electron chi connectivity index (χ1n) is 6.41. The SMILES string of the molecule is CC1CCNC1c1nc(C2CCCC2)no1. The second-order valence-electron chi connectivity index (χ2n) is 5.17. The summed E-state index contributed by atoms with van der Waals surface area (Å²) in [5, 5.41) is 7.58. The van der Waals surface area contributed by atoms with Crippen molar-refractivity contribution in [1.82, 2.24) is 15.5 Å². The summed E-state index contributed by atoms with van der Waals surface area (Å²) in [7, 11) is 0. The third-order valence-electron chi connectivity index (χ3n) is 3.98. The molecule has 2 heterocycles. The summed E-state index contributed by atoms with van der Waals surface area (Å²) in [5.41, 5.74) is 0. The molecule has 1 saturated heterocycles. The highest BCUT2D eigenvalue weighted by Gasteiger charge is 2.30. The van der Waals surface area contributed by atoms with Gasteiger partial charge in [-0.05, 0) is 31.7 Å². The number of aromatic nitrogens is 2. The van der Waals surface area contributed by atoms with Crippen LogP contribution < -0.4 is 5.32 Å². The van der Waals surface area contributed by atoms with Gasteiger partial charge in [-0.3, -0.25) is 0 Å². The number of nitrogens with one attached hydrogen (secondary N) is 1. The van der Waals surface area contributed by atoms with Crippen molar-refractivity contribution >= 4 is 0 Å². The van der Waals surface area contributed by atoms with Crippen molar-refractivity contribution in [2.24, 2.45) is 5.92 Å². The van der Waals surface area contributed by atoms with E-state index in [1.165, 1.54) is 32.1 Å². The van der Waals surface area contributed by atoms with Crippen molar-refractivity contribution in [2.45, 2.75) is 51.0 Å². The van der Waals surface area contributed by atoms with Crippen LogP contribution in [0.3, 0.4) is 0 Å². The monoisotopic (exact) mass is 221 g/mol. The van der Waals surface area contributed by atoms with Crippen molar-refractivity contribution < 1.29 is 4.52 Å². The van der Waals surface area contributed by atoms with E-state index < -0.39 is 0 Å². The number of nitrogens with zero attached hydrogens (tertiary/aromatic N) is 2. The Bertz CT molecular complexity index is 357. The highest BCUT2D eigenvalue weighted by atomic mass is 16.5. The van der Waals surface area contributed by atoms with Crippen molar-refractivity contribution in [3.63, 3.8) is 0 Å². The van der Waals surface area contributed by atoms with Crippen LogP contribution in [0, 0.1) is 5.92 Å². The molecule has 1 aromatic heterocycles.